The van der Waals surface area contributed by atoms with E-state index in [0.29, 0.717) is 5.69 Å². The highest BCUT2D eigenvalue weighted by Gasteiger charge is 1.92. The zero-order valence-electron chi connectivity index (χ0n) is 5.15. The van der Waals surface area contributed by atoms with Gasteiger partial charge < -0.3 is 5.73 Å². The van der Waals surface area contributed by atoms with Crippen molar-refractivity contribution in [2.24, 2.45) is 0 Å². The summed E-state index contributed by atoms with van der Waals surface area (Å²) in [6, 6.07) is 6.17. The third-order valence-corrected chi connectivity index (χ3v) is 1.78. The van der Waals surface area contributed by atoms with Crippen LogP contribution in [0, 0.1) is 0 Å². The largest absolute Gasteiger partial charge is 0.399 e. The lowest BCUT2D eigenvalue weighted by Gasteiger charge is -1.91. The molecule has 0 fully saturated rings. The number of nitrogen functional groups attached to an aromatic ring is 1. The van der Waals surface area contributed by atoms with Gasteiger partial charge in [0.15, 0.2) is 10.7 Å². The van der Waals surface area contributed by atoms with Gasteiger partial charge in [-0.3, -0.25) is 0 Å². The van der Waals surface area contributed by atoms with E-state index in [9.17, 15) is 8.42 Å². The van der Waals surface area contributed by atoms with Gasteiger partial charge in [0.25, 0.3) is 0 Å². The minimum atomic E-state index is -2.49. The van der Waals surface area contributed by atoms with E-state index in [-0.39, 0.29) is 4.90 Å². The van der Waals surface area contributed by atoms with Gasteiger partial charge in [0.2, 0.25) is 0 Å². The van der Waals surface area contributed by atoms with Gasteiger partial charge in [0, 0.05) is 5.69 Å². The average molecular weight is 157 g/mol. The number of anilines is 1. The quantitative estimate of drug-likeness (QED) is 0.453. The lowest BCUT2D eigenvalue weighted by molar-refractivity contribution is 0.614. The number of hydrogen-bond acceptors (Lipinski definition) is 3. The topological polar surface area (TPSA) is 60.2 Å². The first-order chi connectivity index (χ1) is 4.70. The van der Waals surface area contributed by atoms with Crippen LogP contribution in [0.2, 0.25) is 0 Å². The Balaban J connectivity index is 3.19. The lowest BCUT2D eigenvalue weighted by atomic mass is 10.3. The molecule has 1 aromatic carbocycles. The van der Waals surface area contributed by atoms with Crippen LogP contribution in [0.4, 0.5) is 5.69 Å². The summed E-state index contributed by atoms with van der Waals surface area (Å²) in [6.07, 6.45) is 0. The van der Waals surface area contributed by atoms with Crippen molar-refractivity contribution >= 4 is 16.4 Å². The first kappa shape index (κ1) is 7.08. The number of hydrogen-bond donors (Lipinski definition) is 2. The number of rotatable bonds is 1. The summed E-state index contributed by atoms with van der Waals surface area (Å²) in [5.74, 6) is 0. The summed E-state index contributed by atoms with van der Waals surface area (Å²) in [5.41, 5.74) is 5.80. The molecule has 0 spiro atoms. The molecular weight excluding hydrogens is 150 g/mol. The molecule has 10 heavy (non-hydrogen) atoms. The Hall–Kier alpha value is -1.03. The van der Waals surface area contributed by atoms with Crippen molar-refractivity contribution in [3.63, 3.8) is 0 Å². The van der Waals surface area contributed by atoms with Crippen molar-refractivity contribution in [2.75, 3.05) is 5.73 Å². The molecule has 54 valence electrons. The summed E-state index contributed by atoms with van der Waals surface area (Å²) in [6.45, 7) is 0. The van der Waals surface area contributed by atoms with Crippen molar-refractivity contribution in [1.82, 2.24) is 0 Å². The van der Waals surface area contributed by atoms with Crippen molar-refractivity contribution in [1.29, 1.82) is 0 Å². The molecule has 0 aromatic heterocycles. The third kappa shape index (κ3) is 1.48. The molecule has 0 aliphatic rings. The van der Waals surface area contributed by atoms with Gasteiger partial charge in [0.1, 0.15) is 0 Å². The molecule has 0 aliphatic heterocycles. The Morgan fingerprint density at radius 1 is 1.30 bits per heavy atom. The molecule has 0 unspecified atom stereocenters. The maximum absolute atomic E-state index is 10.3. The fraction of sp³-hybridized carbons (Fsp3) is 0. The van der Waals surface area contributed by atoms with Crippen LogP contribution in [-0.2, 0) is 10.7 Å². The monoisotopic (exact) mass is 157 g/mol. The van der Waals surface area contributed by atoms with E-state index in [2.05, 4.69) is 0 Å². The van der Waals surface area contributed by atoms with Crippen molar-refractivity contribution < 1.29 is 8.42 Å². The Labute approximate surface area is 60.4 Å². The second-order valence-corrected chi connectivity index (χ2v) is 2.88. The summed E-state index contributed by atoms with van der Waals surface area (Å²) in [4.78, 5) is 0.259. The van der Waals surface area contributed by atoms with Crippen LogP contribution in [0.15, 0.2) is 29.2 Å². The fourth-order valence-electron chi connectivity index (χ4n) is 0.638. The Morgan fingerprint density at radius 3 is 2.40 bits per heavy atom. The van der Waals surface area contributed by atoms with Crippen LogP contribution in [0.5, 0.6) is 0 Å². The Morgan fingerprint density at radius 2 is 2.00 bits per heavy atom. The maximum atomic E-state index is 10.3. The molecule has 0 saturated carbocycles. The highest BCUT2D eigenvalue weighted by molar-refractivity contribution is 7.72. The van der Waals surface area contributed by atoms with E-state index in [0.717, 1.165) is 0 Å². The summed E-state index contributed by atoms with van der Waals surface area (Å²) < 4.78 is 20.7. The SMILES string of the molecule is Nc1cccc([SH](=O)=O)c1. The van der Waals surface area contributed by atoms with Crippen LogP contribution >= 0.6 is 0 Å². The number of nitrogens with two attached hydrogens (primary N) is 1. The first-order valence-electron chi connectivity index (χ1n) is 2.70. The Bertz CT molecular complexity index is 298. The molecule has 1 aromatic rings. The first-order valence-corrected chi connectivity index (χ1v) is 3.88. The molecule has 0 radical (unpaired) electrons. The van der Waals surface area contributed by atoms with Gasteiger partial charge in [-0.25, -0.2) is 8.42 Å². The second-order valence-electron chi connectivity index (χ2n) is 1.85. The van der Waals surface area contributed by atoms with Gasteiger partial charge in [-0.05, 0) is 18.2 Å². The van der Waals surface area contributed by atoms with E-state index in [1.54, 1.807) is 12.1 Å². The van der Waals surface area contributed by atoms with Gasteiger partial charge in [-0.2, -0.15) is 0 Å². The molecule has 0 amide bonds. The predicted octanol–water partition coefficient (Wildman–Crippen LogP) is 0.239. The van der Waals surface area contributed by atoms with E-state index < -0.39 is 10.7 Å². The molecular formula is C6H7NO2S. The zero-order chi connectivity index (χ0) is 7.56. The molecule has 3 nitrogen and oxygen atoms in total. The van der Waals surface area contributed by atoms with Crippen LogP contribution < -0.4 is 5.73 Å². The van der Waals surface area contributed by atoms with Gasteiger partial charge in [-0.15, -0.1) is 0 Å². The highest BCUT2D eigenvalue weighted by Crippen LogP contribution is 2.06. The minimum absolute atomic E-state index is 0.259. The van der Waals surface area contributed by atoms with Crippen molar-refractivity contribution in [3.05, 3.63) is 24.3 Å². The second kappa shape index (κ2) is 2.70. The normalized spacial score (nSPS) is 10.1. The van der Waals surface area contributed by atoms with Crippen LogP contribution in [0.25, 0.3) is 0 Å². The Kier molecular flexibility index (Phi) is 1.91. The molecule has 4 heteroatoms. The highest BCUT2D eigenvalue weighted by atomic mass is 32.2. The van der Waals surface area contributed by atoms with E-state index in [1.807, 2.05) is 0 Å². The average Bonchev–Trinajstić information content (AvgIpc) is 1.88. The summed E-state index contributed by atoms with van der Waals surface area (Å²) in [5, 5.41) is 0. The number of thiol groups is 1. The molecule has 2 N–H and O–H groups in total. The molecule has 0 aliphatic carbocycles. The fourth-order valence-corrected chi connectivity index (χ4v) is 1.10. The van der Waals surface area contributed by atoms with Crippen molar-refractivity contribution in [2.45, 2.75) is 4.90 Å². The smallest absolute Gasteiger partial charge is 0.168 e. The molecule has 0 heterocycles. The molecule has 1 rings (SSSR count). The molecule has 0 saturated heterocycles. The van der Waals surface area contributed by atoms with Crippen LogP contribution in [0.3, 0.4) is 0 Å². The zero-order valence-corrected chi connectivity index (χ0v) is 6.04. The van der Waals surface area contributed by atoms with Gasteiger partial charge >= 0.3 is 0 Å². The lowest BCUT2D eigenvalue weighted by Crippen LogP contribution is -1.85. The summed E-state index contributed by atoms with van der Waals surface area (Å²) in [7, 11) is -2.49. The van der Waals surface area contributed by atoms with Crippen LogP contribution in [0.1, 0.15) is 0 Å². The molecule has 0 atom stereocenters. The third-order valence-electron chi connectivity index (χ3n) is 1.08. The maximum Gasteiger partial charge on any atom is 0.168 e. The number of benzene rings is 1. The standard InChI is InChI=1S/C6H7NO2S/c7-5-2-1-3-6(4-5)10(8)9/h1-4,10H,7H2. The molecule has 0 bridgehead atoms. The van der Waals surface area contributed by atoms with E-state index in [1.165, 1.54) is 12.1 Å². The van der Waals surface area contributed by atoms with Gasteiger partial charge in [-0.1, -0.05) is 6.07 Å². The van der Waals surface area contributed by atoms with E-state index in [4.69, 9.17) is 5.73 Å². The summed E-state index contributed by atoms with van der Waals surface area (Å²) >= 11 is 0. The minimum Gasteiger partial charge on any atom is -0.399 e. The van der Waals surface area contributed by atoms with Crippen molar-refractivity contribution in [3.8, 4) is 0 Å². The van der Waals surface area contributed by atoms with E-state index >= 15 is 0 Å². The van der Waals surface area contributed by atoms with Crippen LogP contribution in [-0.4, -0.2) is 8.42 Å². The predicted molar refractivity (Wildman–Crippen MR) is 39.4 cm³/mol. The van der Waals surface area contributed by atoms with Gasteiger partial charge in [0.05, 0.1) is 4.90 Å².